The van der Waals surface area contributed by atoms with Crippen LogP contribution in [0.4, 0.5) is 27.4 Å². The van der Waals surface area contributed by atoms with Crippen LogP contribution in [0, 0.1) is 12.7 Å². The first kappa shape index (κ1) is 20.6. The van der Waals surface area contributed by atoms with Gasteiger partial charge in [-0.05, 0) is 62.2 Å². The van der Waals surface area contributed by atoms with E-state index in [0.29, 0.717) is 11.5 Å². The second-order valence-electron chi connectivity index (χ2n) is 7.36. The molecule has 2 N–H and O–H groups in total. The molecule has 1 fully saturated rings. The third kappa shape index (κ3) is 4.91. The summed E-state index contributed by atoms with van der Waals surface area (Å²) in [4.78, 5) is 23.7. The van der Waals surface area contributed by atoms with Crippen LogP contribution in [0.2, 0.25) is 0 Å². The fraction of sp³-hybridized carbons (Fsp3) is 0.261. The van der Waals surface area contributed by atoms with Gasteiger partial charge in [0, 0.05) is 36.1 Å². The molecule has 0 spiro atoms. The van der Waals surface area contributed by atoms with Crippen LogP contribution in [-0.2, 0) is 0 Å². The number of amides is 1. The first-order chi connectivity index (χ1) is 15.0. The number of halogens is 1. The molecule has 1 aliphatic heterocycles. The summed E-state index contributed by atoms with van der Waals surface area (Å²) >= 11 is 0. The quantitative estimate of drug-likeness (QED) is 0.609. The van der Waals surface area contributed by atoms with E-state index in [-0.39, 0.29) is 11.3 Å². The highest BCUT2D eigenvalue weighted by molar-refractivity contribution is 6.04. The predicted octanol–water partition coefficient (Wildman–Crippen LogP) is 4.53. The van der Waals surface area contributed by atoms with E-state index < -0.39 is 11.7 Å². The van der Waals surface area contributed by atoms with Crippen LogP contribution in [-0.4, -0.2) is 36.1 Å². The highest BCUT2D eigenvalue weighted by Crippen LogP contribution is 2.24. The monoisotopic (exact) mass is 421 g/mol. The van der Waals surface area contributed by atoms with Crippen molar-refractivity contribution in [2.24, 2.45) is 0 Å². The number of benzene rings is 2. The van der Waals surface area contributed by atoms with Crippen molar-refractivity contribution in [3.05, 3.63) is 65.7 Å². The van der Waals surface area contributed by atoms with Gasteiger partial charge in [-0.25, -0.2) is 14.4 Å². The molecular formula is C23H24FN5O2. The smallest absolute Gasteiger partial charge is 0.255 e. The van der Waals surface area contributed by atoms with Gasteiger partial charge in [-0.3, -0.25) is 4.79 Å². The Morgan fingerprint density at radius 3 is 2.42 bits per heavy atom. The Kier molecular flexibility index (Phi) is 5.97. The first-order valence-corrected chi connectivity index (χ1v) is 10.1. The molecular weight excluding hydrogens is 397 g/mol. The Labute approximate surface area is 180 Å². The molecule has 4 rings (SSSR count). The SMILES string of the molecule is COc1ccc(C(=O)Nc2ccc(Nc3cc(N4CCCC4)nc(C)n3)cc2)cc1F. The normalized spacial score (nSPS) is 13.2. The minimum atomic E-state index is -0.580. The topological polar surface area (TPSA) is 79.4 Å². The van der Waals surface area contributed by atoms with E-state index in [0.717, 1.165) is 36.5 Å². The van der Waals surface area contributed by atoms with Gasteiger partial charge < -0.3 is 20.3 Å². The van der Waals surface area contributed by atoms with Crippen molar-refractivity contribution in [1.82, 2.24) is 9.97 Å². The van der Waals surface area contributed by atoms with Crippen molar-refractivity contribution in [2.75, 3.05) is 35.7 Å². The molecule has 1 aromatic heterocycles. The maximum absolute atomic E-state index is 13.8. The van der Waals surface area contributed by atoms with Gasteiger partial charge >= 0.3 is 0 Å². The van der Waals surface area contributed by atoms with Crippen LogP contribution in [0.5, 0.6) is 5.75 Å². The van der Waals surface area contributed by atoms with E-state index in [1.54, 1.807) is 12.1 Å². The summed E-state index contributed by atoms with van der Waals surface area (Å²) in [5.41, 5.74) is 1.65. The molecule has 2 heterocycles. The zero-order valence-corrected chi connectivity index (χ0v) is 17.5. The lowest BCUT2D eigenvalue weighted by molar-refractivity contribution is 0.102. The van der Waals surface area contributed by atoms with Crippen LogP contribution in [0.3, 0.4) is 0 Å². The van der Waals surface area contributed by atoms with Gasteiger partial charge in [-0.1, -0.05) is 0 Å². The summed E-state index contributed by atoms with van der Waals surface area (Å²) in [5, 5.41) is 6.05. The van der Waals surface area contributed by atoms with Crippen LogP contribution < -0.4 is 20.3 Å². The molecule has 3 aromatic rings. The molecule has 8 heteroatoms. The van der Waals surface area contributed by atoms with E-state index >= 15 is 0 Å². The van der Waals surface area contributed by atoms with E-state index in [1.807, 2.05) is 25.1 Å². The van der Waals surface area contributed by atoms with Crippen LogP contribution >= 0.6 is 0 Å². The van der Waals surface area contributed by atoms with Gasteiger partial charge in [0.1, 0.15) is 17.5 Å². The number of carbonyl (C=O) groups excluding carboxylic acids is 1. The van der Waals surface area contributed by atoms with E-state index in [2.05, 4.69) is 25.5 Å². The predicted molar refractivity (Wildman–Crippen MR) is 119 cm³/mol. The molecule has 1 aliphatic rings. The minimum absolute atomic E-state index is 0.0971. The number of rotatable bonds is 6. The Bertz CT molecular complexity index is 1080. The number of carbonyl (C=O) groups is 1. The van der Waals surface area contributed by atoms with Crippen molar-refractivity contribution in [2.45, 2.75) is 19.8 Å². The fourth-order valence-electron chi connectivity index (χ4n) is 3.52. The molecule has 0 aliphatic carbocycles. The number of nitrogens with one attached hydrogen (secondary N) is 2. The lowest BCUT2D eigenvalue weighted by Gasteiger charge is -2.18. The molecule has 31 heavy (non-hydrogen) atoms. The number of hydrogen-bond donors (Lipinski definition) is 2. The second-order valence-corrected chi connectivity index (χ2v) is 7.36. The molecule has 0 saturated carbocycles. The fourth-order valence-corrected chi connectivity index (χ4v) is 3.52. The summed E-state index contributed by atoms with van der Waals surface area (Å²) in [6, 6.07) is 13.3. The molecule has 1 saturated heterocycles. The minimum Gasteiger partial charge on any atom is -0.494 e. The van der Waals surface area contributed by atoms with Crippen molar-refractivity contribution in [1.29, 1.82) is 0 Å². The lowest BCUT2D eigenvalue weighted by atomic mass is 10.2. The van der Waals surface area contributed by atoms with Gasteiger partial charge in [0.2, 0.25) is 0 Å². The Morgan fingerprint density at radius 1 is 1.03 bits per heavy atom. The van der Waals surface area contributed by atoms with Crippen LogP contribution in [0.25, 0.3) is 0 Å². The van der Waals surface area contributed by atoms with Crippen LogP contribution in [0.1, 0.15) is 29.0 Å². The third-order valence-electron chi connectivity index (χ3n) is 5.08. The number of anilines is 4. The Hall–Kier alpha value is -3.68. The molecule has 0 unspecified atom stereocenters. The molecule has 0 radical (unpaired) electrons. The standard InChI is InChI=1S/C23H24FN5O2/c1-15-25-21(14-22(26-15)29-11-3-4-12-29)27-17-6-8-18(9-7-17)28-23(30)16-5-10-20(31-2)19(24)13-16/h5-10,13-14H,3-4,11-12H2,1-2H3,(H,28,30)(H,25,26,27). The van der Waals surface area contributed by atoms with E-state index in [9.17, 15) is 9.18 Å². The van der Waals surface area contributed by atoms with Crippen molar-refractivity contribution in [3.8, 4) is 5.75 Å². The Balaban J connectivity index is 1.42. The summed E-state index contributed by atoms with van der Waals surface area (Å²) in [6.45, 7) is 3.91. The molecule has 2 aromatic carbocycles. The largest absolute Gasteiger partial charge is 0.494 e. The molecule has 0 atom stereocenters. The summed E-state index contributed by atoms with van der Waals surface area (Å²) < 4.78 is 18.7. The van der Waals surface area contributed by atoms with Crippen LogP contribution in [0.15, 0.2) is 48.5 Å². The third-order valence-corrected chi connectivity index (χ3v) is 5.08. The molecule has 160 valence electrons. The van der Waals surface area contributed by atoms with E-state index in [1.165, 1.54) is 32.1 Å². The summed E-state index contributed by atoms with van der Waals surface area (Å²) in [7, 11) is 1.38. The van der Waals surface area contributed by atoms with Gasteiger partial charge in [-0.2, -0.15) is 0 Å². The molecule has 7 nitrogen and oxygen atoms in total. The first-order valence-electron chi connectivity index (χ1n) is 10.1. The van der Waals surface area contributed by atoms with Gasteiger partial charge in [-0.15, -0.1) is 0 Å². The van der Waals surface area contributed by atoms with Crippen molar-refractivity contribution in [3.63, 3.8) is 0 Å². The number of hydrogen-bond acceptors (Lipinski definition) is 6. The zero-order chi connectivity index (χ0) is 21.8. The number of ether oxygens (including phenoxy) is 1. The molecule has 0 bridgehead atoms. The van der Waals surface area contributed by atoms with Crippen molar-refractivity contribution < 1.29 is 13.9 Å². The summed E-state index contributed by atoms with van der Waals surface area (Å²) in [5.74, 6) is 1.48. The van der Waals surface area contributed by atoms with Gasteiger partial charge in [0.05, 0.1) is 7.11 Å². The van der Waals surface area contributed by atoms with E-state index in [4.69, 9.17) is 4.74 Å². The molecule has 1 amide bonds. The van der Waals surface area contributed by atoms with Gasteiger partial charge in [0.25, 0.3) is 5.91 Å². The Morgan fingerprint density at radius 2 is 1.74 bits per heavy atom. The number of aromatic nitrogens is 2. The summed E-state index contributed by atoms with van der Waals surface area (Å²) in [6.07, 6.45) is 2.37. The highest BCUT2D eigenvalue weighted by Gasteiger charge is 2.15. The zero-order valence-electron chi connectivity index (χ0n) is 17.5. The number of nitrogens with zero attached hydrogens (tertiary/aromatic N) is 3. The highest BCUT2D eigenvalue weighted by atomic mass is 19.1. The van der Waals surface area contributed by atoms with Crippen molar-refractivity contribution >= 4 is 28.9 Å². The maximum Gasteiger partial charge on any atom is 0.255 e. The average molecular weight is 421 g/mol. The number of aryl methyl sites for hydroxylation is 1. The van der Waals surface area contributed by atoms with Gasteiger partial charge in [0.15, 0.2) is 11.6 Å². The average Bonchev–Trinajstić information content (AvgIpc) is 3.30. The number of methoxy groups -OCH3 is 1. The lowest BCUT2D eigenvalue weighted by Crippen LogP contribution is -2.19. The maximum atomic E-state index is 13.8. The second kappa shape index (κ2) is 8.99.